The van der Waals surface area contributed by atoms with E-state index >= 15 is 0 Å². The molecule has 1 aliphatic heterocycles. The summed E-state index contributed by atoms with van der Waals surface area (Å²) in [7, 11) is 1.81. The van der Waals surface area contributed by atoms with Gasteiger partial charge in [-0.25, -0.2) is 0 Å². The second-order valence-corrected chi connectivity index (χ2v) is 6.29. The van der Waals surface area contributed by atoms with E-state index in [4.69, 9.17) is 9.47 Å². The van der Waals surface area contributed by atoms with Crippen molar-refractivity contribution in [2.24, 2.45) is 5.41 Å². The van der Waals surface area contributed by atoms with Crippen molar-refractivity contribution >= 4 is 5.91 Å². The molecule has 128 valence electrons. The number of rotatable bonds is 8. The Labute approximate surface area is 138 Å². The first-order valence-electron chi connectivity index (χ1n) is 8.26. The van der Waals surface area contributed by atoms with Crippen LogP contribution in [0.5, 0.6) is 5.75 Å². The molecule has 1 amide bonds. The molecule has 0 aromatic heterocycles. The number of nitrogens with zero attached hydrogens (tertiary/aromatic N) is 1. The molecule has 0 aliphatic carbocycles. The maximum Gasteiger partial charge on any atom is 0.222 e. The second-order valence-electron chi connectivity index (χ2n) is 6.29. The van der Waals surface area contributed by atoms with Crippen LogP contribution in [-0.4, -0.2) is 55.9 Å². The van der Waals surface area contributed by atoms with Crippen molar-refractivity contribution in [3.8, 4) is 5.75 Å². The average molecular weight is 321 g/mol. The quantitative estimate of drug-likeness (QED) is 0.745. The first kappa shape index (κ1) is 17.8. The highest BCUT2D eigenvalue weighted by atomic mass is 16.5. The number of ether oxygens (including phenoxy) is 2. The molecule has 0 bridgehead atoms. The first-order valence-corrected chi connectivity index (χ1v) is 8.26. The minimum Gasteiger partial charge on any atom is -0.494 e. The topological polar surface area (TPSA) is 59.0 Å². The highest BCUT2D eigenvalue weighted by Crippen LogP contribution is 2.30. The summed E-state index contributed by atoms with van der Waals surface area (Å²) in [6, 6.07) is 9.61. The zero-order valence-electron chi connectivity index (χ0n) is 13.9. The molecule has 0 spiro atoms. The highest BCUT2D eigenvalue weighted by molar-refractivity contribution is 5.75. The predicted octanol–water partition coefficient (Wildman–Crippen LogP) is 2.09. The third kappa shape index (κ3) is 5.52. The van der Waals surface area contributed by atoms with Crippen molar-refractivity contribution in [1.29, 1.82) is 0 Å². The van der Waals surface area contributed by atoms with Crippen molar-refractivity contribution in [3.63, 3.8) is 0 Å². The third-order valence-electron chi connectivity index (χ3n) is 4.43. The second kappa shape index (κ2) is 8.89. The van der Waals surface area contributed by atoms with Gasteiger partial charge in [0.15, 0.2) is 0 Å². The van der Waals surface area contributed by atoms with Crippen LogP contribution in [-0.2, 0) is 9.53 Å². The number of benzene rings is 1. The molecule has 0 radical (unpaired) electrons. The lowest BCUT2D eigenvalue weighted by molar-refractivity contribution is -0.133. The Morgan fingerprint density at radius 2 is 2.00 bits per heavy atom. The fraction of sp³-hybridized carbons (Fsp3) is 0.611. The number of carbonyl (C=O) groups excluding carboxylic acids is 1. The molecule has 5 nitrogen and oxygen atoms in total. The summed E-state index contributed by atoms with van der Waals surface area (Å²) in [6.07, 6.45) is 2.76. The molecular formula is C18H27NO4. The van der Waals surface area contributed by atoms with Crippen LogP contribution < -0.4 is 4.74 Å². The van der Waals surface area contributed by atoms with E-state index in [1.165, 1.54) is 0 Å². The number of hydrogen-bond donors (Lipinski definition) is 1. The van der Waals surface area contributed by atoms with Crippen LogP contribution in [0.3, 0.4) is 0 Å². The fourth-order valence-corrected chi connectivity index (χ4v) is 2.88. The normalized spacial score (nSPS) is 16.8. The van der Waals surface area contributed by atoms with Gasteiger partial charge < -0.3 is 19.5 Å². The van der Waals surface area contributed by atoms with Crippen LogP contribution in [0, 0.1) is 5.41 Å². The smallest absolute Gasteiger partial charge is 0.222 e. The molecule has 1 aromatic rings. The van der Waals surface area contributed by atoms with Crippen LogP contribution in [0.4, 0.5) is 0 Å². The molecule has 1 saturated heterocycles. The molecular weight excluding hydrogens is 294 g/mol. The van der Waals surface area contributed by atoms with Gasteiger partial charge in [-0.2, -0.15) is 0 Å². The predicted molar refractivity (Wildman–Crippen MR) is 88.4 cm³/mol. The van der Waals surface area contributed by atoms with Crippen LogP contribution in [0.25, 0.3) is 0 Å². The lowest BCUT2D eigenvalue weighted by Gasteiger charge is -2.38. The van der Waals surface area contributed by atoms with E-state index in [1.807, 2.05) is 37.4 Å². The Morgan fingerprint density at radius 1 is 1.30 bits per heavy atom. The van der Waals surface area contributed by atoms with Crippen molar-refractivity contribution in [3.05, 3.63) is 30.3 Å². The zero-order valence-corrected chi connectivity index (χ0v) is 13.9. The van der Waals surface area contributed by atoms with Crippen LogP contribution in [0.15, 0.2) is 30.3 Å². The van der Waals surface area contributed by atoms with Gasteiger partial charge in [-0.1, -0.05) is 18.2 Å². The summed E-state index contributed by atoms with van der Waals surface area (Å²) < 4.78 is 11.0. The van der Waals surface area contributed by atoms with Gasteiger partial charge in [-0.3, -0.25) is 4.79 Å². The van der Waals surface area contributed by atoms with E-state index < -0.39 is 0 Å². The van der Waals surface area contributed by atoms with Crippen LogP contribution >= 0.6 is 0 Å². The summed E-state index contributed by atoms with van der Waals surface area (Å²) >= 11 is 0. The van der Waals surface area contributed by atoms with E-state index in [1.54, 1.807) is 4.90 Å². The van der Waals surface area contributed by atoms with E-state index in [2.05, 4.69) is 0 Å². The number of hydrogen-bond acceptors (Lipinski definition) is 4. The standard InChI is InChI=1S/C18H27NO4/c1-19(14-18(15-20)9-12-22-13-10-18)17(21)8-5-11-23-16-6-3-2-4-7-16/h2-4,6-7,20H,5,8-15H2,1H3. The van der Waals surface area contributed by atoms with Gasteiger partial charge in [0.05, 0.1) is 13.2 Å². The van der Waals surface area contributed by atoms with E-state index in [0.29, 0.717) is 39.2 Å². The maximum absolute atomic E-state index is 12.2. The molecule has 0 unspecified atom stereocenters. The van der Waals surface area contributed by atoms with Crippen LogP contribution in [0.1, 0.15) is 25.7 Å². The Bertz CT molecular complexity index is 471. The molecule has 5 heteroatoms. The van der Waals surface area contributed by atoms with Gasteiger partial charge in [-0.15, -0.1) is 0 Å². The molecule has 0 saturated carbocycles. The first-order chi connectivity index (χ1) is 11.2. The lowest BCUT2D eigenvalue weighted by Crippen LogP contribution is -2.44. The molecule has 0 atom stereocenters. The SMILES string of the molecule is CN(CC1(CO)CCOCC1)C(=O)CCCOc1ccccc1. The summed E-state index contributed by atoms with van der Waals surface area (Å²) in [5.41, 5.74) is -0.205. The zero-order chi connectivity index (χ0) is 16.5. The summed E-state index contributed by atoms with van der Waals surface area (Å²) in [6.45, 7) is 2.54. The number of carbonyl (C=O) groups is 1. The Morgan fingerprint density at radius 3 is 2.65 bits per heavy atom. The van der Waals surface area contributed by atoms with Gasteiger partial charge in [0.2, 0.25) is 5.91 Å². The summed E-state index contributed by atoms with van der Waals surface area (Å²) in [5.74, 6) is 0.927. The molecule has 1 aromatic carbocycles. The Kier molecular flexibility index (Phi) is 6.86. The highest BCUT2D eigenvalue weighted by Gasteiger charge is 2.34. The lowest BCUT2D eigenvalue weighted by atomic mass is 9.80. The largest absolute Gasteiger partial charge is 0.494 e. The van der Waals surface area contributed by atoms with E-state index in [0.717, 1.165) is 18.6 Å². The molecule has 2 rings (SSSR count). The van der Waals surface area contributed by atoms with Gasteiger partial charge in [0.25, 0.3) is 0 Å². The molecule has 23 heavy (non-hydrogen) atoms. The summed E-state index contributed by atoms with van der Waals surface area (Å²) in [4.78, 5) is 14.0. The van der Waals surface area contributed by atoms with Crippen molar-refractivity contribution < 1.29 is 19.4 Å². The number of aliphatic hydroxyl groups excluding tert-OH is 1. The number of amides is 1. The maximum atomic E-state index is 12.2. The van der Waals surface area contributed by atoms with Crippen molar-refractivity contribution in [1.82, 2.24) is 4.90 Å². The minimum absolute atomic E-state index is 0.0981. The number of aliphatic hydroxyl groups is 1. The fourth-order valence-electron chi connectivity index (χ4n) is 2.88. The molecule has 1 N–H and O–H groups in total. The van der Waals surface area contributed by atoms with Crippen molar-refractivity contribution in [2.45, 2.75) is 25.7 Å². The minimum atomic E-state index is -0.205. The van der Waals surface area contributed by atoms with E-state index in [-0.39, 0.29) is 17.9 Å². The van der Waals surface area contributed by atoms with Gasteiger partial charge in [0.1, 0.15) is 5.75 Å². The Balaban J connectivity index is 1.70. The average Bonchev–Trinajstić information content (AvgIpc) is 2.60. The molecule has 1 aliphatic rings. The number of para-hydroxylation sites is 1. The van der Waals surface area contributed by atoms with Gasteiger partial charge in [0, 0.05) is 38.6 Å². The molecule has 1 heterocycles. The molecule has 1 fully saturated rings. The monoisotopic (exact) mass is 321 g/mol. The van der Waals surface area contributed by atoms with E-state index in [9.17, 15) is 9.90 Å². The van der Waals surface area contributed by atoms with Gasteiger partial charge >= 0.3 is 0 Å². The summed E-state index contributed by atoms with van der Waals surface area (Å²) in [5, 5.41) is 9.70. The van der Waals surface area contributed by atoms with Gasteiger partial charge in [-0.05, 0) is 31.4 Å². The van der Waals surface area contributed by atoms with Crippen LogP contribution in [0.2, 0.25) is 0 Å². The van der Waals surface area contributed by atoms with Crippen molar-refractivity contribution in [2.75, 3.05) is 40.0 Å². The Hall–Kier alpha value is -1.59. The third-order valence-corrected chi connectivity index (χ3v) is 4.43.